The molecule has 102 valence electrons. The van der Waals surface area contributed by atoms with Gasteiger partial charge in [-0.2, -0.15) is 13.2 Å². The van der Waals surface area contributed by atoms with Gasteiger partial charge in [0, 0.05) is 0 Å². The van der Waals surface area contributed by atoms with Crippen molar-refractivity contribution in [3.8, 4) is 0 Å². The van der Waals surface area contributed by atoms with Crippen molar-refractivity contribution in [1.82, 2.24) is 5.32 Å². The van der Waals surface area contributed by atoms with E-state index in [1.165, 1.54) is 0 Å². The molecule has 1 aromatic carbocycles. The van der Waals surface area contributed by atoms with Crippen LogP contribution in [-0.4, -0.2) is 25.4 Å². The van der Waals surface area contributed by atoms with E-state index in [0.717, 1.165) is 12.5 Å². The maximum absolute atomic E-state index is 12.3. The molecule has 0 spiro atoms. The van der Waals surface area contributed by atoms with Gasteiger partial charge in [-0.3, -0.25) is 0 Å². The van der Waals surface area contributed by atoms with Crippen molar-refractivity contribution in [1.29, 1.82) is 0 Å². The van der Waals surface area contributed by atoms with Gasteiger partial charge in [0.15, 0.2) is 6.10 Å². The highest BCUT2D eigenvalue weighted by atomic mass is 19.4. The summed E-state index contributed by atoms with van der Waals surface area (Å²) in [5.74, 6) is 0. The molecule has 0 aliphatic carbocycles. The quantitative estimate of drug-likeness (QED) is 0.848. The van der Waals surface area contributed by atoms with E-state index in [0.29, 0.717) is 6.54 Å². The number of nitrogens with one attached hydrogen (secondary N) is 1. The monoisotopic (exact) mass is 261 g/mol. The molecule has 0 saturated carbocycles. The van der Waals surface area contributed by atoms with Crippen LogP contribution in [0.15, 0.2) is 30.3 Å². The molecule has 0 aliphatic rings. The van der Waals surface area contributed by atoms with Gasteiger partial charge in [0.05, 0.1) is 12.6 Å². The molecular weight excluding hydrogens is 243 g/mol. The summed E-state index contributed by atoms with van der Waals surface area (Å²) in [7, 11) is 0. The van der Waals surface area contributed by atoms with Gasteiger partial charge in [0.1, 0.15) is 0 Å². The molecule has 1 N–H and O–H groups in total. The van der Waals surface area contributed by atoms with Crippen molar-refractivity contribution >= 4 is 0 Å². The van der Waals surface area contributed by atoms with Crippen LogP contribution in [0.3, 0.4) is 0 Å². The van der Waals surface area contributed by atoms with E-state index >= 15 is 0 Å². The second kappa shape index (κ2) is 6.75. The lowest BCUT2D eigenvalue weighted by Gasteiger charge is -2.22. The third-order valence-electron chi connectivity index (χ3n) is 2.63. The van der Waals surface area contributed by atoms with Crippen molar-refractivity contribution in [3.05, 3.63) is 35.9 Å². The molecule has 1 aromatic rings. The van der Waals surface area contributed by atoms with Crippen molar-refractivity contribution in [2.24, 2.45) is 0 Å². The molecule has 18 heavy (non-hydrogen) atoms. The second-order valence-electron chi connectivity index (χ2n) is 4.04. The predicted molar refractivity (Wildman–Crippen MR) is 64.3 cm³/mol. The Hall–Kier alpha value is -1.07. The molecule has 0 fully saturated rings. The highest BCUT2D eigenvalue weighted by molar-refractivity contribution is 5.18. The molecule has 2 atom stereocenters. The normalized spacial score (nSPS) is 15.4. The van der Waals surface area contributed by atoms with E-state index in [1.54, 1.807) is 0 Å². The van der Waals surface area contributed by atoms with Gasteiger partial charge >= 0.3 is 6.18 Å². The zero-order chi connectivity index (χ0) is 13.6. The molecule has 0 amide bonds. The number of likely N-dealkylation sites (N-methyl/N-ethyl adjacent to an activating group) is 1. The summed E-state index contributed by atoms with van der Waals surface area (Å²) >= 11 is 0. The number of benzene rings is 1. The molecule has 5 heteroatoms. The zero-order valence-electron chi connectivity index (χ0n) is 10.5. The first-order chi connectivity index (χ1) is 8.45. The van der Waals surface area contributed by atoms with Crippen molar-refractivity contribution in [2.45, 2.75) is 32.2 Å². The maximum atomic E-state index is 12.3. The molecule has 0 radical (unpaired) electrons. The number of rotatable bonds is 6. The predicted octanol–water partition coefficient (Wildman–Crippen LogP) is 3.30. The van der Waals surface area contributed by atoms with Gasteiger partial charge in [-0.25, -0.2) is 0 Å². The van der Waals surface area contributed by atoms with Crippen LogP contribution in [0.5, 0.6) is 0 Å². The van der Waals surface area contributed by atoms with Crippen molar-refractivity contribution < 1.29 is 17.9 Å². The van der Waals surface area contributed by atoms with Crippen LogP contribution in [0.4, 0.5) is 13.2 Å². The first-order valence-electron chi connectivity index (χ1n) is 5.91. The summed E-state index contributed by atoms with van der Waals surface area (Å²) in [5, 5.41) is 3.11. The Morgan fingerprint density at radius 2 is 1.83 bits per heavy atom. The fraction of sp³-hybridized carbons (Fsp3) is 0.538. The van der Waals surface area contributed by atoms with E-state index in [-0.39, 0.29) is 12.6 Å². The first kappa shape index (κ1) is 15.0. The Bertz CT molecular complexity index is 340. The molecule has 0 saturated heterocycles. The maximum Gasteiger partial charge on any atom is 0.414 e. The van der Waals surface area contributed by atoms with Gasteiger partial charge in [-0.05, 0) is 19.0 Å². The van der Waals surface area contributed by atoms with Gasteiger partial charge < -0.3 is 10.1 Å². The average Bonchev–Trinajstić information content (AvgIpc) is 2.34. The molecular formula is C13H18F3NO. The van der Waals surface area contributed by atoms with Gasteiger partial charge in [0.2, 0.25) is 0 Å². The minimum absolute atomic E-state index is 0.00146. The summed E-state index contributed by atoms with van der Waals surface area (Å²) in [6.07, 6.45) is -6.06. The Balaban J connectivity index is 2.59. The van der Waals surface area contributed by atoms with E-state index in [9.17, 15) is 13.2 Å². The Morgan fingerprint density at radius 1 is 1.22 bits per heavy atom. The van der Waals surface area contributed by atoms with E-state index < -0.39 is 12.3 Å². The first-order valence-corrected chi connectivity index (χ1v) is 5.91. The van der Waals surface area contributed by atoms with E-state index in [2.05, 4.69) is 5.32 Å². The molecule has 2 unspecified atom stereocenters. The summed E-state index contributed by atoms with van der Waals surface area (Å²) < 4.78 is 41.9. The Kier molecular flexibility index (Phi) is 5.62. The molecule has 0 bridgehead atoms. The molecule has 2 nitrogen and oxygen atoms in total. The fourth-order valence-corrected chi connectivity index (χ4v) is 1.54. The van der Waals surface area contributed by atoms with Gasteiger partial charge in [-0.1, -0.05) is 37.3 Å². The van der Waals surface area contributed by atoms with E-state index in [1.807, 2.05) is 37.3 Å². The SMILES string of the molecule is CCNC(COC(C)C(F)(F)F)c1ccccc1. The second-order valence-corrected chi connectivity index (χ2v) is 4.04. The van der Waals surface area contributed by atoms with Crippen LogP contribution in [0.25, 0.3) is 0 Å². The standard InChI is InChI=1S/C13H18F3NO/c1-3-17-12(11-7-5-4-6-8-11)9-18-10(2)13(14,15)16/h4-8,10,12,17H,3,9H2,1-2H3. The lowest BCUT2D eigenvalue weighted by Crippen LogP contribution is -2.33. The number of hydrogen-bond acceptors (Lipinski definition) is 2. The van der Waals surface area contributed by atoms with Crippen molar-refractivity contribution in [2.75, 3.05) is 13.2 Å². The minimum atomic E-state index is -4.31. The smallest absolute Gasteiger partial charge is 0.367 e. The number of ether oxygens (including phenoxy) is 1. The molecule has 1 rings (SSSR count). The zero-order valence-corrected chi connectivity index (χ0v) is 10.5. The van der Waals surface area contributed by atoms with Crippen LogP contribution in [0.1, 0.15) is 25.5 Å². The number of hydrogen-bond donors (Lipinski definition) is 1. The molecule has 0 heterocycles. The number of halogens is 3. The summed E-state index contributed by atoms with van der Waals surface area (Å²) in [6.45, 7) is 3.60. The summed E-state index contributed by atoms with van der Waals surface area (Å²) in [5.41, 5.74) is 0.925. The fourth-order valence-electron chi connectivity index (χ4n) is 1.54. The van der Waals surface area contributed by atoms with Crippen LogP contribution in [0, 0.1) is 0 Å². The molecule has 0 aliphatic heterocycles. The lowest BCUT2D eigenvalue weighted by atomic mass is 10.1. The lowest BCUT2D eigenvalue weighted by molar-refractivity contribution is -0.215. The van der Waals surface area contributed by atoms with Gasteiger partial charge in [-0.15, -0.1) is 0 Å². The largest absolute Gasteiger partial charge is 0.414 e. The van der Waals surface area contributed by atoms with Crippen LogP contribution in [-0.2, 0) is 4.74 Å². The highest BCUT2D eigenvalue weighted by Gasteiger charge is 2.37. The summed E-state index contributed by atoms with van der Waals surface area (Å²) in [4.78, 5) is 0. The van der Waals surface area contributed by atoms with Crippen LogP contribution in [0.2, 0.25) is 0 Å². The molecule has 0 aromatic heterocycles. The van der Waals surface area contributed by atoms with Gasteiger partial charge in [0.25, 0.3) is 0 Å². The topological polar surface area (TPSA) is 21.3 Å². The average molecular weight is 261 g/mol. The Morgan fingerprint density at radius 3 is 2.33 bits per heavy atom. The Labute approximate surface area is 105 Å². The van der Waals surface area contributed by atoms with Crippen molar-refractivity contribution in [3.63, 3.8) is 0 Å². The third kappa shape index (κ3) is 4.66. The van der Waals surface area contributed by atoms with Crippen LogP contribution < -0.4 is 5.32 Å². The highest BCUT2D eigenvalue weighted by Crippen LogP contribution is 2.23. The minimum Gasteiger partial charge on any atom is -0.367 e. The summed E-state index contributed by atoms with van der Waals surface area (Å²) in [6, 6.07) is 9.09. The third-order valence-corrected chi connectivity index (χ3v) is 2.63. The van der Waals surface area contributed by atoms with E-state index in [4.69, 9.17) is 4.74 Å². The van der Waals surface area contributed by atoms with Crippen LogP contribution >= 0.6 is 0 Å². The number of alkyl halides is 3.